The molecule has 0 aromatic carbocycles. The molecule has 0 amide bonds. The first kappa shape index (κ1) is 45.1. The molecule has 1 unspecified atom stereocenters. The number of unbranched alkanes of at least 4 members (excludes halogenated alkanes) is 18. The molecule has 0 saturated carbocycles. The molecule has 4 nitrogen and oxygen atoms in total. The van der Waals surface area contributed by atoms with Crippen LogP contribution in [0.2, 0.25) is 0 Å². The third-order valence-electron chi connectivity index (χ3n) is 8.36. The second-order valence-electron chi connectivity index (χ2n) is 13.0. The summed E-state index contributed by atoms with van der Waals surface area (Å²) in [7, 11) is 0. The van der Waals surface area contributed by atoms with E-state index in [-0.39, 0.29) is 12.6 Å². The zero-order valence-corrected chi connectivity index (χ0v) is 31.0. The van der Waals surface area contributed by atoms with Gasteiger partial charge in [0.15, 0.2) is 0 Å². The van der Waals surface area contributed by atoms with Crippen LogP contribution in [0.5, 0.6) is 0 Å². The first-order valence-electron chi connectivity index (χ1n) is 19.9. The first-order chi connectivity index (χ1) is 23.2. The number of hydrogen-bond acceptors (Lipinski definition) is 4. The monoisotopic (exact) mass is 657 g/mol. The number of carbonyl (C=O) groups is 1. The molecule has 0 fully saturated rings. The fraction of sp³-hybridized carbons (Fsp3) is 0.744. The Bertz CT molecular complexity index is 779. The van der Waals surface area contributed by atoms with Crippen LogP contribution < -0.4 is 0 Å². The second-order valence-corrected chi connectivity index (χ2v) is 13.0. The Morgan fingerprint density at radius 3 is 1.45 bits per heavy atom. The minimum Gasteiger partial charge on any atom is -0.457 e. The summed E-state index contributed by atoms with van der Waals surface area (Å²) in [6, 6.07) is 0. The maximum atomic E-state index is 12.1. The summed E-state index contributed by atoms with van der Waals surface area (Å²) in [6.07, 6.45) is 52.8. The Kier molecular flexibility index (Phi) is 38.6. The fourth-order valence-electron chi connectivity index (χ4n) is 5.41. The maximum absolute atomic E-state index is 12.1. The summed E-state index contributed by atoms with van der Waals surface area (Å²) >= 11 is 0. The molecule has 47 heavy (non-hydrogen) atoms. The molecular formula is C43H76O4. The minimum atomic E-state index is -0.534. The lowest BCUT2D eigenvalue weighted by Gasteiger charge is -2.16. The summed E-state index contributed by atoms with van der Waals surface area (Å²) < 4.78 is 11.1. The zero-order chi connectivity index (χ0) is 34.1. The third kappa shape index (κ3) is 38.4. The van der Waals surface area contributed by atoms with Gasteiger partial charge in [0.1, 0.15) is 6.10 Å². The predicted molar refractivity (Wildman–Crippen MR) is 205 cm³/mol. The molecule has 0 aromatic heterocycles. The smallest absolute Gasteiger partial charge is 0.306 e. The second kappa shape index (κ2) is 40.3. The SMILES string of the molecule is CC/C=C\C/C=C\C/C=C\C/C=C\C/C=C\CCCCCCCCCCCCOCC(CO)OC(=O)CCCCCCCCCCC. The Hall–Kier alpha value is -1.91. The predicted octanol–water partition coefficient (Wildman–Crippen LogP) is 12.9. The molecule has 0 aliphatic rings. The molecule has 272 valence electrons. The Balaban J connectivity index is 3.44. The van der Waals surface area contributed by atoms with E-state index in [9.17, 15) is 9.90 Å². The number of aliphatic hydroxyl groups is 1. The highest BCUT2D eigenvalue weighted by Crippen LogP contribution is 2.13. The standard InChI is InChI=1S/C43H76O4/c1-3-5-7-9-11-13-14-15-16-17-18-19-20-21-22-23-24-25-26-27-28-29-31-33-35-37-39-46-41-42(40-44)47-43(45)38-36-34-32-30-12-10-8-6-4-2/h5,7,11,13,15-16,18-19,21-22,42,44H,3-4,6,8-10,12,14,17,20,23-41H2,1-2H3/b7-5-,13-11-,16-15-,19-18-,22-21-. The minimum absolute atomic E-state index is 0.174. The Morgan fingerprint density at radius 1 is 0.532 bits per heavy atom. The normalized spacial score (nSPS) is 13.0. The van der Waals surface area contributed by atoms with Crippen LogP contribution in [0.15, 0.2) is 60.8 Å². The van der Waals surface area contributed by atoms with Gasteiger partial charge in [-0.25, -0.2) is 0 Å². The van der Waals surface area contributed by atoms with Gasteiger partial charge in [-0.1, -0.05) is 177 Å². The van der Waals surface area contributed by atoms with Crippen molar-refractivity contribution in [2.45, 2.75) is 187 Å². The lowest BCUT2D eigenvalue weighted by atomic mass is 10.1. The molecule has 0 aliphatic carbocycles. The van der Waals surface area contributed by atoms with Crippen molar-refractivity contribution in [3.63, 3.8) is 0 Å². The van der Waals surface area contributed by atoms with Crippen molar-refractivity contribution < 1.29 is 19.4 Å². The number of allylic oxidation sites excluding steroid dienone is 10. The Morgan fingerprint density at radius 2 is 0.957 bits per heavy atom. The number of ether oxygens (including phenoxy) is 2. The van der Waals surface area contributed by atoms with Gasteiger partial charge in [-0.2, -0.15) is 0 Å². The van der Waals surface area contributed by atoms with Gasteiger partial charge in [0.2, 0.25) is 0 Å². The molecule has 1 N–H and O–H groups in total. The van der Waals surface area contributed by atoms with Crippen molar-refractivity contribution in [2.24, 2.45) is 0 Å². The number of rotatable bonds is 36. The topological polar surface area (TPSA) is 55.8 Å². The van der Waals surface area contributed by atoms with Crippen LogP contribution >= 0.6 is 0 Å². The fourth-order valence-corrected chi connectivity index (χ4v) is 5.41. The van der Waals surface area contributed by atoms with Crippen molar-refractivity contribution in [1.82, 2.24) is 0 Å². The molecule has 0 rings (SSSR count). The van der Waals surface area contributed by atoms with Crippen LogP contribution in [0.1, 0.15) is 181 Å². The highest BCUT2D eigenvalue weighted by Gasteiger charge is 2.13. The van der Waals surface area contributed by atoms with E-state index in [2.05, 4.69) is 74.6 Å². The van der Waals surface area contributed by atoms with E-state index in [1.807, 2.05) is 0 Å². The molecule has 0 aromatic rings. The molecule has 0 heterocycles. The highest BCUT2D eigenvalue weighted by molar-refractivity contribution is 5.69. The van der Waals surface area contributed by atoms with E-state index < -0.39 is 6.10 Å². The van der Waals surface area contributed by atoms with Gasteiger partial charge in [0, 0.05) is 13.0 Å². The molecule has 1 atom stereocenters. The average molecular weight is 657 g/mol. The molecule has 0 spiro atoms. The van der Waals surface area contributed by atoms with Crippen LogP contribution in [-0.2, 0) is 14.3 Å². The molecule has 0 radical (unpaired) electrons. The van der Waals surface area contributed by atoms with Crippen LogP contribution in [0.4, 0.5) is 0 Å². The van der Waals surface area contributed by atoms with Gasteiger partial charge >= 0.3 is 5.97 Å². The van der Waals surface area contributed by atoms with Gasteiger partial charge < -0.3 is 14.6 Å². The summed E-state index contributed by atoms with van der Waals surface area (Å²) in [5.74, 6) is -0.207. The van der Waals surface area contributed by atoms with E-state index >= 15 is 0 Å². The van der Waals surface area contributed by atoms with E-state index in [0.29, 0.717) is 19.6 Å². The summed E-state index contributed by atoms with van der Waals surface area (Å²) in [5, 5.41) is 9.54. The number of aliphatic hydroxyl groups excluding tert-OH is 1. The van der Waals surface area contributed by atoms with Crippen molar-refractivity contribution in [3.8, 4) is 0 Å². The van der Waals surface area contributed by atoms with Gasteiger partial charge in [-0.05, 0) is 57.8 Å². The molecular weight excluding hydrogens is 580 g/mol. The quantitative estimate of drug-likeness (QED) is 0.0414. The Labute approximate surface area is 292 Å². The third-order valence-corrected chi connectivity index (χ3v) is 8.36. The van der Waals surface area contributed by atoms with E-state index in [1.54, 1.807) is 0 Å². The van der Waals surface area contributed by atoms with Crippen LogP contribution in [0, 0.1) is 0 Å². The van der Waals surface area contributed by atoms with Gasteiger partial charge in [-0.3, -0.25) is 4.79 Å². The van der Waals surface area contributed by atoms with Gasteiger partial charge in [-0.15, -0.1) is 0 Å². The van der Waals surface area contributed by atoms with E-state index in [0.717, 1.165) is 51.4 Å². The van der Waals surface area contributed by atoms with Crippen molar-refractivity contribution in [2.75, 3.05) is 19.8 Å². The average Bonchev–Trinajstić information content (AvgIpc) is 3.08. The van der Waals surface area contributed by atoms with Crippen LogP contribution in [0.3, 0.4) is 0 Å². The highest BCUT2D eigenvalue weighted by atomic mass is 16.6. The summed E-state index contributed by atoms with van der Waals surface area (Å²) in [5.41, 5.74) is 0. The van der Waals surface area contributed by atoms with E-state index in [1.165, 1.54) is 109 Å². The van der Waals surface area contributed by atoms with Crippen LogP contribution in [0.25, 0.3) is 0 Å². The van der Waals surface area contributed by atoms with Crippen molar-refractivity contribution in [3.05, 3.63) is 60.8 Å². The molecule has 0 saturated heterocycles. The van der Waals surface area contributed by atoms with Crippen molar-refractivity contribution >= 4 is 5.97 Å². The number of carbonyl (C=O) groups excluding carboxylic acids is 1. The molecule has 0 aliphatic heterocycles. The maximum Gasteiger partial charge on any atom is 0.306 e. The zero-order valence-electron chi connectivity index (χ0n) is 31.0. The first-order valence-corrected chi connectivity index (χ1v) is 19.9. The van der Waals surface area contributed by atoms with E-state index in [4.69, 9.17) is 9.47 Å². The molecule has 0 bridgehead atoms. The summed E-state index contributed by atoms with van der Waals surface area (Å²) in [6.45, 7) is 5.20. The lowest BCUT2D eigenvalue weighted by Crippen LogP contribution is -2.27. The largest absolute Gasteiger partial charge is 0.457 e. The van der Waals surface area contributed by atoms with Crippen LogP contribution in [-0.4, -0.2) is 37.0 Å². The number of hydrogen-bond donors (Lipinski definition) is 1. The lowest BCUT2D eigenvalue weighted by molar-refractivity contribution is -0.154. The number of esters is 1. The van der Waals surface area contributed by atoms with Gasteiger partial charge in [0.25, 0.3) is 0 Å². The molecule has 4 heteroatoms. The van der Waals surface area contributed by atoms with Gasteiger partial charge in [0.05, 0.1) is 13.2 Å². The summed E-state index contributed by atoms with van der Waals surface area (Å²) in [4.78, 5) is 12.1. The van der Waals surface area contributed by atoms with Crippen molar-refractivity contribution in [1.29, 1.82) is 0 Å².